The van der Waals surface area contributed by atoms with Crippen LogP contribution in [0.4, 0.5) is 0 Å². The summed E-state index contributed by atoms with van der Waals surface area (Å²) < 4.78 is 10.9. The lowest BCUT2D eigenvalue weighted by Gasteiger charge is -2.19. The van der Waals surface area contributed by atoms with Crippen LogP contribution in [0.3, 0.4) is 0 Å². The van der Waals surface area contributed by atoms with Crippen molar-refractivity contribution in [1.29, 1.82) is 0 Å². The normalized spacial score (nSPS) is 18.2. The highest BCUT2D eigenvalue weighted by atomic mass is 79.9. The minimum atomic E-state index is -0.947. The second-order valence-corrected chi connectivity index (χ2v) is 5.95. The topological polar surface area (TPSA) is 52.6 Å². The monoisotopic (exact) mass is 312 g/mol. The second kappa shape index (κ2) is 4.39. The Morgan fingerprint density at radius 1 is 1.39 bits per heavy atom. The van der Waals surface area contributed by atoms with E-state index < -0.39 is 23.6 Å². The number of cyclic esters (lactones) is 1. The first-order chi connectivity index (χ1) is 8.30. The lowest BCUT2D eigenvalue weighted by molar-refractivity contribution is -0.177. The van der Waals surface area contributed by atoms with Gasteiger partial charge in [-0.15, -0.1) is 0 Å². The molecule has 0 aliphatic carbocycles. The van der Waals surface area contributed by atoms with Crippen LogP contribution in [0.25, 0.3) is 0 Å². The van der Waals surface area contributed by atoms with Crippen molar-refractivity contribution in [2.75, 3.05) is 0 Å². The van der Waals surface area contributed by atoms with E-state index in [1.807, 2.05) is 0 Å². The minimum absolute atomic E-state index is 0.409. The number of benzene rings is 1. The number of carbonyl (C=O) groups excluding carboxylic acids is 2. The number of ether oxygens (including phenoxy) is 2. The maximum atomic E-state index is 11.8. The lowest BCUT2D eigenvalue weighted by Crippen LogP contribution is -2.25. The summed E-state index contributed by atoms with van der Waals surface area (Å²) in [4.78, 5) is 23.5. The molecule has 18 heavy (non-hydrogen) atoms. The first-order valence-corrected chi connectivity index (χ1v) is 6.30. The molecule has 1 aliphatic rings. The predicted molar refractivity (Wildman–Crippen MR) is 67.8 cm³/mol. The summed E-state index contributed by atoms with van der Waals surface area (Å²) in [6, 6.07) is 5.22. The molecule has 4 nitrogen and oxygen atoms in total. The van der Waals surface area contributed by atoms with Gasteiger partial charge in [-0.1, -0.05) is 12.1 Å². The van der Waals surface area contributed by atoms with E-state index >= 15 is 0 Å². The van der Waals surface area contributed by atoms with Crippen LogP contribution < -0.4 is 0 Å². The Hall–Kier alpha value is -1.36. The van der Waals surface area contributed by atoms with Gasteiger partial charge in [-0.2, -0.15) is 0 Å². The molecule has 2 rings (SSSR count). The maximum absolute atomic E-state index is 11.8. The standard InChI is InChI=1S/C13H13BrO4/c1-13(2,3)12(16)18-11-7-5-4-6-8(14)9(7)10(15)17-11/h4-6,11H,1-3H3. The highest BCUT2D eigenvalue weighted by Gasteiger charge is 2.37. The van der Waals surface area contributed by atoms with Crippen LogP contribution in [0.5, 0.6) is 0 Å². The van der Waals surface area contributed by atoms with E-state index in [4.69, 9.17) is 9.47 Å². The van der Waals surface area contributed by atoms with E-state index in [0.717, 1.165) is 0 Å². The average molecular weight is 313 g/mol. The van der Waals surface area contributed by atoms with Crippen LogP contribution in [-0.4, -0.2) is 11.9 Å². The fourth-order valence-electron chi connectivity index (χ4n) is 1.53. The quantitative estimate of drug-likeness (QED) is 0.747. The van der Waals surface area contributed by atoms with E-state index in [0.29, 0.717) is 15.6 Å². The van der Waals surface area contributed by atoms with Gasteiger partial charge in [-0.3, -0.25) is 4.79 Å². The Morgan fingerprint density at radius 3 is 2.67 bits per heavy atom. The van der Waals surface area contributed by atoms with Crippen molar-refractivity contribution in [1.82, 2.24) is 0 Å². The smallest absolute Gasteiger partial charge is 0.343 e. The highest BCUT2D eigenvalue weighted by molar-refractivity contribution is 9.10. The van der Waals surface area contributed by atoms with Crippen LogP contribution >= 0.6 is 15.9 Å². The fraction of sp³-hybridized carbons (Fsp3) is 0.385. The molecule has 1 aliphatic heterocycles. The summed E-state index contributed by atoms with van der Waals surface area (Å²) in [5, 5.41) is 0. The summed E-state index contributed by atoms with van der Waals surface area (Å²) in [6.45, 7) is 5.23. The number of rotatable bonds is 1. The summed E-state index contributed by atoms with van der Waals surface area (Å²) in [6.07, 6.45) is -0.947. The molecule has 0 aromatic heterocycles. The van der Waals surface area contributed by atoms with Crippen LogP contribution in [0.1, 0.15) is 43.0 Å². The van der Waals surface area contributed by atoms with Crippen molar-refractivity contribution in [3.05, 3.63) is 33.8 Å². The van der Waals surface area contributed by atoms with Gasteiger partial charge in [-0.25, -0.2) is 4.79 Å². The first-order valence-electron chi connectivity index (χ1n) is 5.51. The van der Waals surface area contributed by atoms with Gasteiger partial charge in [0, 0.05) is 10.0 Å². The molecule has 1 heterocycles. The second-order valence-electron chi connectivity index (χ2n) is 5.10. The predicted octanol–water partition coefficient (Wildman–Crippen LogP) is 3.21. The van der Waals surface area contributed by atoms with E-state index in [1.54, 1.807) is 39.0 Å². The molecule has 0 N–H and O–H groups in total. The Bertz CT molecular complexity index is 516. The van der Waals surface area contributed by atoms with E-state index in [1.165, 1.54) is 0 Å². The number of hydrogen-bond acceptors (Lipinski definition) is 4. The molecule has 1 aromatic rings. The van der Waals surface area contributed by atoms with E-state index in [-0.39, 0.29) is 0 Å². The third-order valence-electron chi connectivity index (χ3n) is 2.54. The summed E-state index contributed by atoms with van der Waals surface area (Å²) >= 11 is 3.28. The summed E-state index contributed by atoms with van der Waals surface area (Å²) in [7, 11) is 0. The van der Waals surface area contributed by atoms with Gasteiger partial charge in [0.15, 0.2) is 0 Å². The van der Waals surface area contributed by atoms with Gasteiger partial charge in [0.25, 0.3) is 6.29 Å². The molecule has 0 spiro atoms. The minimum Gasteiger partial charge on any atom is -0.420 e. The Labute approximate surface area is 113 Å². The van der Waals surface area contributed by atoms with Crippen molar-refractivity contribution >= 4 is 27.9 Å². The summed E-state index contributed by atoms with van der Waals surface area (Å²) in [5.74, 6) is -0.891. The van der Waals surface area contributed by atoms with Gasteiger partial charge < -0.3 is 9.47 Å². The third kappa shape index (κ3) is 2.27. The van der Waals surface area contributed by atoms with E-state index in [2.05, 4.69) is 15.9 Å². The zero-order valence-electron chi connectivity index (χ0n) is 10.3. The molecular weight excluding hydrogens is 300 g/mol. The Morgan fingerprint density at radius 2 is 2.06 bits per heavy atom. The van der Waals surface area contributed by atoms with Crippen molar-refractivity contribution in [2.24, 2.45) is 5.41 Å². The van der Waals surface area contributed by atoms with Gasteiger partial charge in [0.05, 0.1) is 11.0 Å². The molecule has 5 heteroatoms. The average Bonchev–Trinajstić information content (AvgIpc) is 2.56. The number of hydrogen-bond donors (Lipinski definition) is 0. The molecule has 0 bridgehead atoms. The molecule has 1 atom stereocenters. The zero-order chi connectivity index (χ0) is 13.5. The molecule has 0 fully saturated rings. The molecule has 0 radical (unpaired) electrons. The van der Waals surface area contributed by atoms with Crippen LogP contribution in [0.15, 0.2) is 22.7 Å². The molecule has 1 unspecified atom stereocenters. The van der Waals surface area contributed by atoms with Crippen LogP contribution in [0.2, 0.25) is 0 Å². The van der Waals surface area contributed by atoms with Gasteiger partial charge in [0.1, 0.15) is 0 Å². The zero-order valence-corrected chi connectivity index (χ0v) is 11.9. The highest BCUT2D eigenvalue weighted by Crippen LogP contribution is 2.36. The van der Waals surface area contributed by atoms with Crippen molar-refractivity contribution in [3.8, 4) is 0 Å². The van der Waals surface area contributed by atoms with Crippen molar-refractivity contribution in [2.45, 2.75) is 27.1 Å². The number of halogens is 1. The van der Waals surface area contributed by atoms with Gasteiger partial charge in [-0.05, 0) is 42.8 Å². The van der Waals surface area contributed by atoms with Gasteiger partial charge in [0.2, 0.25) is 0 Å². The van der Waals surface area contributed by atoms with E-state index in [9.17, 15) is 9.59 Å². The number of fused-ring (bicyclic) bond motifs is 1. The molecule has 0 saturated heterocycles. The molecule has 1 aromatic carbocycles. The maximum Gasteiger partial charge on any atom is 0.343 e. The lowest BCUT2D eigenvalue weighted by atomic mass is 9.97. The fourth-order valence-corrected chi connectivity index (χ4v) is 2.08. The van der Waals surface area contributed by atoms with Crippen molar-refractivity contribution < 1.29 is 19.1 Å². The largest absolute Gasteiger partial charge is 0.420 e. The van der Waals surface area contributed by atoms with Crippen molar-refractivity contribution in [3.63, 3.8) is 0 Å². The Balaban J connectivity index is 2.28. The van der Waals surface area contributed by atoms with Crippen LogP contribution in [-0.2, 0) is 14.3 Å². The molecule has 0 saturated carbocycles. The Kier molecular flexibility index (Phi) is 3.19. The summed E-state index contributed by atoms with van der Waals surface area (Å²) in [5.41, 5.74) is 0.359. The number of esters is 2. The molecular formula is C13H13BrO4. The third-order valence-corrected chi connectivity index (χ3v) is 3.21. The molecule has 96 valence electrons. The molecule has 0 amide bonds. The first kappa shape index (κ1) is 13.1. The van der Waals surface area contributed by atoms with Gasteiger partial charge >= 0.3 is 11.9 Å². The SMILES string of the molecule is CC(C)(C)C(=O)OC1OC(=O)c2c(Br)cccc21. The number of carbonyl (C=O) groups is 2. The van der Waals surface area contributed by atoms with Crippen LogP contribution in [0, 0.1) is 5.41 Å².